The molecule has 6 aromatic carbocycles. The van der Waals surface area contributed by atoms with Gasteiger partial charge in [-0.1, -0.05) is 112 Å². The number of pyridine rings is 2. The zero-order valence-corrected chi connectivity index (χ0v) is 39.5. The molecule has 0 saturated heterocycles. The Labute approximate surface area is 403 Å². The fourth-order valence-corrected chi connectivity index (χ4v) is 7.42. The van der Waals surface area contributed by atoms with Gasteiger partial charge in [-0.2, -0.15) is 0 Å². The molecule has 69 heavy (non-hydrogen) atoms. The zero-order valence-electron chi connectivity index (χ0n) is 39.5. The van der Waals surface area contributed by atoms with Crippen molar-refractivity contribution in [2.75, 3.05) is 0 Å². The molecular formula is C58H58N2O9. The summed E-state index contributed by atoms with van der Waals surface area (Å²) in [6.07, 6.45) is 1.47. The van der Waals surface area contributed by atoms with E-state index in [-0.39, 0.29) is 12.4 Å². The van der Waals surface area contributed by atoms with Crippen molar-refractivity contribution in [2.24, 2.45) is 0 Å². The van der Waals surface area contributed by atoms with Crippen LogP contribution in [-0.4, -0.2) is 39.0 Å². The van der Waals surface area contributed by atoms with Gasteiger partial charge < -0.3 is 33.5 Å². The molecule has 2 heterocycles. The molecule has 2 atom stereocenters. The lowest BCUT2D eigenvalue weighted by Crippen LogP contribution is -2.27. The number of carbonyl (C=O) groups excluding carboxylic acids is 1. The van der Waals surface area contributed by atoms with Gasteiger partial charge in [-0.25, -0.2) is 14.8 Å². The molecule has 11 nitrogen and oxygen atoms in total. The van der Waals surface area contributed by atoms with E-state index in [4.69, 9.17) is 28.4 Å². The monoisotopic (exact) mass is 926 g/mol. The van der Waals surface area contributed by atoms with Crippen LogP contribution in [0.2, 0.25) is 0 Å². The predicted octanol–water partition coefficient (Wildman–Crippen LogP) is 12.9. The van der Waals surface area contributed by atoms with Crippen LogP contribution < -0.4 is 28.4 Å². The number of ether oxygens (including phenoxy) is 6. The predicted molar refractivity (Wildman–Crippen MR) is 268 cm³/mol. The quantitative estimate of drug-likeness (QED) is 0.0696. The Morgan fingerprint density at radius 2 is 1.03 bits per heavy atom. The number of aliphatic carboxylic acids is 1. The molecule has 8 aromatic rings. The number of Topliss-reactive ketones (excluding diaryl/α,β-unsaturated/α-hetero) is 1. The van der Waals surface area contributed by atoms with Gasteiger partial charge >= 0.3 is 5.97 Å². The van der Waals surface area contributed by atoms with Gasteiger partial charge in [0.2, 0.25) is 0 Å². The van der Waals surface area contributed by atoms with Gasteiger partial charge in [0.05, 0.1) is 22.4 Å². The minimum atomic E-state index is -0.962. The third kappa shape index (κ3) is 14.5. The number of nitrogens with zero attached hydrogens (tertiary/aromatic N) is 2. The molecule has 2 unspecified atom stereocenters. The van der Waals surface area contributed by atoms with Gasteiger partial charge in [0.25, 0.3) is 0 Å². The van der Waals surface area contributed by atoms with Gasteiger partial charge in [-0.15, -0.1) is 0 Å². The summed E-state index contributed by atoms with van der Waals surface area (Å²) >= 11 is 0. The number of ketones is 1. The Morgan fingerprint density at radius 1 is 0.507 bits per heavy atom. The van der Waals surface area contributed by atoms with Crippen molar-refractivity contribution < 1.29 is 43.1 Å². The van der Waals surface area contributed by atoms with Crippen LogP contribution in [0.5, 0.6) is 34.5 Å². The first-order chi connectivity index (χ1) is 33.6. The molecular weight excluding hydrogens is 869 g/mol. The number of aryl methyl sites for hydroxylation is 1. The third-order valence-electron chi connectivity index (χ3n) is 11.1. The van der Waals surface area contributed by atoms with Crippen LogP contribution in [0.1, 0.15) is 74.5 Å². The highest BCUT2D eigenvalue weighted by molar-refractivity contribution is 5.81. The summed E-state index contributed by atoms with van der Waals surface area (Å²) < 4.78 is 35.6. The molecule has 0 aliphatic heterocycles. The largest absolute Gasteiger partial charge is 0.489 e. The number of hydrogen-bond acceptors (Lipinski definition) is 10. The van der Waals surface area contributed by atoms with E-state index in [1.807, 2.05) is 178 Å². The SMILES string of the molecule is CCCC(Oc1c(C)cccc1COc1ccc(OCc2ccc3ccccc3n2)cc1)C(=O)O.CCCC(Oc1cccc(COc2cccc(OCc3ccc4ccccc4n3)c2)c1)C(C)=O. The summed E-state index contributed by atoms with van der Waals surface area (Å²) in [5.41, 5.74) is 6.27. The molecule has 0 radical (unpaired) electrons. The van der Waals surface area contributed by atoms with E-state index in [0.29, 0.717) is 61.4 Å². The summed E-state index contributed by atoms with van der Waals surface area (Å²) in [4.78, 5) is 32.6. The molecule has 354 valence electrons. The van der Waals surface area contributed by atoms with Gasteiger partial charge in [0.15, 0.2) is 18.0 Å². The summed E-state index contributed by atoms with van der Waals surface area (Å²) in [6.45, 7) is 8.84. The molecule has 0 saturated carbocycles. The second-order valence-electron chi connectivity index (χ2n) is 16.5. The van der Waals surface area contributed by atoms with E-state index < -0.39 is 18.2 Å². The maximum absolute atomic E-state index is 11.8. The molecule has 1 N–H and O–H groups in total. The molecule has 0 amide bonds. The van der Waals surface area contributed by atoms with E-state index in [1.165, 1.54) is 0 Å². The number of hydrogen-bond donors (Lipinski definition) is 1. The standard InChI is InChI=1S/C29H29NO5.C29H29NO4/c1-3-7-27(29(31)32)35-28-20(2)8-6-10-22(28)18-33-24-14-16-25(17-15-24)34-19-23-13-12-21-9-4-5-11-26(21)30-23;1-3-8-29(21(2)31)34-27-13-6-9-22(17-27)19-32-25-11-7-12-26(18-25)33-20-24-16-15-23-10-4-5-14-28(23)30-24/h4-6,8-17,27H,3,7,18-19H2,1-2H3,(H,31,32);4-7,9-18,29H,3,8,19-20H2,1-2H3. The van der Waals surface area contributed by atoms with Gasteiger partial charge in [0, 0.05) is 22.4 Å². The molecule has 11 heteroatoms. The Morgan fingerprint density at radius 3 is 1.62 bits per heavy atom. The fourth-order valence-electron chi connectivity index (χ4n) is 7.42. The van der Waals surface area contributed by atoms with Crippen molar-refractivity contribution in [3.05, 3.63) is 192 Å². The molecule has 0 bridgehead atoms. The lowest BCUT2D eigenvalue weighted by Gasteiger charge is -2.19. The van der Waals surface area contributed by atoms with Crippen LogP contribution in [0.4, 0.5) is 0 Å². The van der Waals surface area contributed by atoms with Gasteiger partial charge in [-0.05, 0) is 111 Å². The fraction of sp³-hybridized carbons (Fsp3) is 0.241. The van der Waals surface area contributed by atoms with Crippen LogP contribution in [0.25, 0.3) is 21.8 Å². The lowest BCUT2D eigenvalue weighted by atomic mass is 10.1. The minimum Gasteiger partial charge on any atom is -0.489 e. The summed E-state index contributed by atoms with van der Waals surface area (Å²) in [5.74, 6) is 3.14. The average molecular weight is 927 g/mol. The van der Waals surface area contributed by atoms with Crippen molar-refractivity contribution in [2.45, 2.75) is 92.0 Å². The van der Waals surface area contributed by atoms with Crippen molar-refractivity contribution >= 4 is 33.6 Å². The minimum absolute atomic E-state index is 0.0409. The Bertz CT molecular complexity index is 2940. The summed E-state index contributed by atoms with van der Waals surface area (Å²) in [7, 11) is 0. The maximum atomic E-state index is 11.8. The van der Waals surface area contributed by atoms with Crippen LogP contribution in [0.15, 0.2) is 164 Å². The number of rotatable bonds is 22. The van der Waals surface area contributed by atoms with E-state index in [0.717, 1.165) is 68.5 Å². The topological polar surface area (TPSA) is 136 Å². The number of fused-ring (bicyclic) bond motifs is 2. The first-order valence-electron chi connectivity index (χ1n) is 23.3. The second-order valence-corrected chi connectivity index (χ2v) is 16.5. The van der Waals surface area contributed by atoms with Crippen molar-refractivity contribution in [1.29, 1.82) is 0 Å². The third-order valence-corrected chi connectivity index (χ3v) is 11.1. The number of carboxylic acids is 1. The Hall–Kier alpha value is -7.92. The molecule has 0 aliphatic rings. The normalized spacial score (nSPS) is 11.7. The van der Waals surface area contributed by atoms with Gasteiger partial charge in [0.1, 0.15) is 60.9 Å². The van der Waals surface area contributed by atoms with Crippen molar-refractivity contribution in [3.8, 4) is 34.5 Å². The highest BCUT2D eigenvalue weighted by atomic mass is 16.5. The van der Waals surface area contributed by atoms with Crippen LogP contribution >= 0.6 is 0 Å². The van der Waals surface area contributed by atoms with Crippen molar-refractivity contribution in [3.63, 3.8) is 0 Å². The molecule has 0 aliphatic carbocycles. The number of aromatic nitrogens is 2. The molecule has 8 rings (SSSR count). The van der Waals surface area contributed by atoms with Crippen LogP contribution in [-0.2, 0) is 36.0 Å². The maximum Gasteiger partial charge on any atom is 0.344 e. The van der Waals surface area contributed by atoms with Crippen LogP contribution in [0, 0.1) is 6.92 Å². The summed E-state index contributed by atoms with van der Waals surface area (Å²) in [6, 6.07) is 52.4. The van der Waals surface area contributed by atoms with Crippen molar-refractivity contribution in [1.82, 2.24) is 9.97 Å². The smallest absolute Gasteiger partial charge is 0.344 e. The van der Waals surface area contributed by atoms with Crippen LogP contribution in [0.3, 0.4) is 0 Å². The van der Waals surface area contributed by atoms with E-state index in [9.17, 15) is 14.7 Å². The first-order valence-corrected chi connectivity index (χ1v) is 23.3. The average Bonchev–Trinajstić information content (AvgIpc) is 3.37. The Kier molecular flexibility index (Phi) is 17.6. The molecule has 0 fully saturated rings. The number of para-hydroxylation sites is 3. The number of benzene rings is 6. The lowest BCUT2D eigenvalue weighted by molar-refractivity contribution is -0.145. The molecule has 0 spiro atoms. The zero-order chi connectivity index (χ0) is 48.4. The molecule has 2 aromatic heterocycles. The summed E-state index contributed by atoms with van der Waals surface area (Å²) in [5, 5.41) is 11.7. The highest BCUT2D eigenvalue weighted by Crippen LogP contribution is 2.29. The highest BCUT2D eigenvalue weighted by Gasteiger charge is 2.21. The van der Waals surface area contributed by atoms with E-state index in [1.54, 1.807) is 6.92 Å². The van der Waals surface area contributed by atoms with E-state index >= 15 is 0 Å². The number of carboxylic acid groups (broad SMARTS) is 1. The second kappa shape index (κ2) is 24.7. The van der Waals surface area contributed by atoms with E-state index in [2.05, 4.69) is 16.0 Å². The number of carbonyl (C=O) groups is 2. The van der Waals surface area contributed by atoms with Gasteiger partial charge in [-0.3, -0.25) is 4.79 Å². The Balaban J connectivity index is 0.000000204. The first kappa shape index (κ1) is 49.0.